The number of fused-ring (bicyclic) bond motifs is 1. The van der Waals surface area contributed by atoms with E-state index in [-0.39, 0.29) is 10.9 Å². The van der Waals surface area contributed by atoms with Crippen LogP contribution in [0.4, 0.5) is 0 Å². The number of aromatic nitrogens is 1. The number of hydrogen-bond acceptors (Lipinski definition) is 5. The minimum absolute atomic E-state index is 0.241. The summed E-state index contributed by atoms with van der Waals surface area (Å²) in [6.07, 6.45) is 3.77. The van der Waals surface area contributed by atoms with Crippen LogP contribution in [0.2, 0.25) is 0 Å². The van der Waals surface area contributed by atoms with Crippen LogP contribution in [0.25, 0.3) is 0 Å². The van der Waals surface area contributed by atoms with Gasteiger partial charge in [0.1, 0.15) is 4.90 Å². The van der Waals surface area contributed by atoms with Gasteiger partial charge in [-0.3, -0.25) is 4.98 Å². The number of rotatable bonds is 3. The molecule has 4 heterocycles. The monoisotopic (exact) mass is 362 g/mol. The molecule has 118 valence electrons. The second-order valence-corrected chi connectivity index (χ2v) is 9.14. The van der Waals surface area contributed by atoms with Crippen molar-refractivity contribution in [3.63, 3.8) is 0 Å². The van der Waals surface area contributed by atoms with E-state index in [1.165, 1.54) is 11.1 Å². The van der Waals surface area contributed by atoms with Crippen LogP contribution < -0.4 is 0 Å². The predicted molar refractivity (Wildman–Crippen MR) is 92.3 cm³/mol. The lowest BCUT2D eigenvalue weighted by Gasteiger charge is -2.34. The third kappa shape index (κ3) is 2.53. The maximum atomic E-state index is 13.1. The Hall–Kier alpha value is -1.54. The van der Waals surface area contributed by atoms with E-state index in [4.69, 9.17) is 0 Å². The fourth-order valence-electron chi connectivity index (χ4n) is 2.93. The zero-order valence-corrected chi connectivity index (χ0v) is 14.6. The lowest BCUT2D eigenvalue weighted by molar-refractivity contribution is 0.350. The average molecular weight is 363 g/mol. The van der Waals surface area contributed by atoms with Crippen LogP contribution in [-0.2, 0) is 16.4 Å². The van der Waals surface area contributed by atoms with Crippen molar-refractivity contribution in [2.24, 2.45) is 0 Å². The minimum atomic E-state index is -3.58. The second-order valence-electron chi connectivity index (χ2n) is 5.27. The van der Waals surface area contributed by atoms with Gasteiger partial charge in [-0.25, -0.2) is 8.42 Å². The van der Waals surface area contributed by atoms with Gasteiger partial charge in [-0.15, -0.1) is 22.7 Å². The van der Waals surface area contributed by atoms with Gasteiger partial charge >= 0.3 is 0 Å². The van der Waals surface area contributed by atoms with Gasteiger partial charge in [0.05, 0.1) is 6.04 Å². The predicted octanol–water partition coefficient (Wildman–Crippen LogP) is 3.54. The van der Waals surface area contributed by atoms with Crippen LogP contribution in [0, 0.1) is 0 Å². The molecule has 0 saturated carbocycles. The smallest absolute Gasteiger partial charge is 0.245 e. The molecule has 23 heavy (non-hydrogen) atoms. The van der Waals surface area contributed by atoms with Crippen molar-refractivity contribution in [1.29, 1.82) is 0 Å². The van der Waals surface area contributed by atoms with Crippen LogP contribution in [-0.4, -0.2) is 24.3 Å². The highest BCUT2D eigenvalue weighted by Gasteiger charge is 2.38. The molecule has 0 spiro atoms. The zero-order chi connectivity index (χ0) is 15.9. The number of thiophene rings is 2. The molecule has 4 rings (SSSR count). The van der Waals surface area contributed by atoms with Crippen molar-refractivity contribution < 1.29 is 8.42 Å². The van der Waals surface area contributed by atoms with E-state index in [2.05, 4.69) is 11.1 Å². The summed E-state index contributed by atoms with van der Waals surface area (Å²) in [6, 6.07) is 9.05. The van der Waals surface area contributed by atoms with Gasteiger partial charge in [0.15, 0.2) is 0 Å². The van der Waals surface area contributed by atoms with E-state index < -0.39 is 10.0 Å². The highest BCUT2D eigenvalue weighted by Crippen LogP contribution is 2.41. The summed E-state index contributed by atoms with van der Waals surface area (Å²) in [7, 11) is -3.58. The molecule has 0 radical (unpaired) electrons. The molecule has 4 nitrogen and oxygen atoms in total. The van der Waals surface area contributed by atoms with Crippen LogP contribution in [0.15, 0.2) is 58.4 Å². The van der Waals surface area contributed by atoms with Crippen LogP contribution in [0.3, 0.4) is 0 Å². The van der Waals surface area contributed by atoms with Crippen molar-refractivity contribution in [3.05, 3.63) is 68.8 Å². The molecule has 7 heteroatoms. The number of sulfonamides is 1. The standard InChI is InChI=1S/C16H14N2O2S3/c19-23(20,12-3-1-7-17-11-12)18-8-5-14-13(6-10-22-14)16(18)15-4-2-9-21-15/h1-4,6-7,9-11,16H,5,8H2/t16-/m1/s1. The summed E-state index contributed by atoms with van der Waals surface area (Å²) in [6.45, 7) is 0.493. The molecule has 0 amide bonds. The summed E-state index contributed by atoms with van der Waals surface area (Å²) < 4.78 is 27.9. The van der Waals surface area contributed by atoms with Crippen molar-refractivity contribution in [3.8, 4) is 0 Å². The first-order valence-electron chi connectivity index (χ1n) is 7.19. The fraction of sp³-hybridized carbons (Fsp3) is 0.188. The molecule has 0 N–H and O–H groups in total. The quantitative estimate of drug-likeness (QED) is 0.716. The lowest BCUT2D eigenvalue weighted by atomic mass is 10.0. The molecule has 3 aromatic heterocycles. The van der Waals surface area contributed by atoms with Gasteiger partial charge in [-0.1, -0.05) is 6.07 Å². The summed E-state index contributed by atoms with van der Waals surface area (Å²) in [5.74, 6) is 0. The molecule has 0 aromatic carbocycles. The summed E-state index contributed by atoms with van der Waals surface area (Å²) in [5, 5.41) is 4.04. The molecule has 0 saturated heterocycles. The first-order chi connectivity index (χ1) is 11.2. The van der Waals surface area contributed by atoms with Gasteiger partial charge in [-0.2, -0.15) is 4.31 Å². The van der Waals surface area contributed by atoms with Crippen molar-refractivity contribution >= 4 is 32.7 Å². The Balaban J connectivity index is 1.85. The Morgan fingerprint density at radius 2 is 2.04 bits per heavy atom. The maximum Gasteiger partial charge on any atom is 0.245 e. The van der Waals surface area contributed by atoms with E-state index in [9.17, 15) is 8.42 Å². The lowest BCUT2D eigenvalue weighted by Crippen LogP contribution is -2.39. The Labute approximate surface area is 143 Å². The molecular weight excluding hydrogens is 348 g/mol. The number of hydrogen-bond donors (Lipinski definition) is 0. The van der Waals surface area contributed by atoms with Crippen LogP contribution in [0.5, 0.6) is 0 Å². The topological polar surface area (TPSA) is 50.3 Å². The van der Waals surface area contributed by atoms with E-state index in [0.29, 0.717) is 6.54 Å². The van der Waals surface area contributed by atoms with Gasteiger partial charge in [0, 0.05) is 28.7 Å². The molecule has 1 atom stereocenters. The van der Waals surface area contributed by atoms with Crippen molar-refractivity contribution in [2.45, 2.75) is 17.4 Å². The first kappa shape index (κ1) is 15.0. The van der Waals surface area contributed by atoms with Crippen LogP contribution in [0.1, 0.15) is 21.4 Å². The number of nitrogens with zero attached hydrogens (tertiary/aromatic N) is 2. The molecule has 3 aromatic rings. The average Bonchev–Trinajstić information content (AvgIpc) is 3.26. The van der Waals surface area contributed by atoms with E-state index in [1.807, 2.05) is 22.9 Å². The Morgan fingerprint density at radius 3 is 2.78 bits per heavy atom. The normalized spacial score (nSPS) is 18.7. The highest BCUT2D eigenvalue weighted by molar-refractivity contribution is 7.89. The largest absolute Gasteiger partial charge is 0.263 e. The zero-order valence-electron chi connectivity index (χ0n) is 12.1. The molecule has 1 aliphatic rings. The summed E-state index contributed by atoms with van der Waals surface area (Å²) in [5.41, 5.74) is 1.11. The SMILES string of the molecule is O=S(=O)(c1cccnc1)N1CCc2sccc2[C@@H]1c1cccs1. The molecule has 0 aliphatic carbocycles. The summed E-state index contributed by atoms with van der Waals surface area (Å²) in [4.78, 5) is 6.55. The highest BCUT2D eigenvalue weighted by atomic mass is 32.2. The van der Waals surface area contributed by atoms with Gasteiger partial charge < -0.3 is 0 Å². The molecule has 1 aliphatic heterocycles. The Bertz CT molecular complexity index is 902. The van der Waals surface area contributed by atoms with Gasteiger partial charge in [0.25, 0.3) is 0 Å². The first-order valence-corrected chi connectivity index (χ1v) is 10.4. The summed E-state index contributed by atoms with van der Waals surface area (Å²) >= 11 is 3.30. The number of pyridine rings is 1. The minimum Gasteiger partial charge on any atom is -0.263 e. The third-order valence-electron chi connectivity index (χ3n) is 3.98. The van der Waals surface area contributed by atoms with E-state index >= 15 is 0 Å². The van der Waals surface area contributed by atoms with Gasteiger partial charge in [0.2, 0.25) is 10.0 Å². The van der Waals surface area contributed by atoms with Crippen LogP contribution >= 0.6 is 22.7 Å². The fourth-order valence-corrected chi connectivity index (χ4v) is 6.31. The van der Waals surface area contributed by atoms with E-state index in [0.717, 1.165) is 16.9 Å². The maximum absolute atomic E-state index is 13.1. The Kier molecular flexibility index (Phi) is 3.81. The molecule has 0 fully saturated rings. The van der Waals surface area contributed by atoms with Gasteiger partial charge in [-0.05, 0) is 47.0 Å². The Morgan fingerprint density at radius 1 is 1.13 bits per heavy atom. The third-order valence-corrected chi connectivity index (χ3v) is 7.74. The van der Waals surface area contributed by atoms with Crippen molar-refractivity contribution in [1.82, 2.24) is 9.29 Å². The molecule has 0 bridgehead atoms. The second kappa shape index (κ2) is 5.83. The van der Waals surface area contributed by atoms with E-state index in [1.54, 1.807) is 45.3 Å². The molecule has 0 unspecified atom stereocenters. The molecular formula is C16H14N2O2S3. The van der Waals surface area contributed by atoms with Crippen molar-refractivity contribution in [2.75, 3.05) is 6.54 Å².